The predicted molar refractivity (Wildman–Crippen MR) is 226 cm³/mol. The van der Waals surface area contributed by atoms with E-state index in [4.69, 9.17) is 20.4 Å². The first-order valence-electron chi connectivity index (χ1n) is 19.6. The van der Waals surface area contributed by atoms with Crippen molar-refractivity contribution in [3.05, 3.63) is 142 Å². The van der Waals surface area contributed by atoms with E-state index in [9.17, 15) is 19.2 Å². The highest BCUT2D eigenvalue weighted by Crippen LogP contribution is 2.21. The maximum Gasteiger partial charge on any atom is 0.335 e. The van der Waals surface area contributed by atoms with Crippen LogP contribution in [0.25, 0.3) is 0 Å². The normalized spacial score (nSPS) is 25.4. The van der Waals surface area contributed by atoms with Gasteiger partial charge in [-0.05, 0) is 74.2 Å². The molecule has 4 aromatic carbocycles. The van der Waals surface area contributed by atoms with Crippen LogP contribution in [-0.2, 0) is 0 Å². The van der Waals surface area contributed by atoms with Crippen molar-refractivity contribution in [1.82, 2.24) is 39.2 Å². The molecule has 0 aromatic heterocycles. The molecule has 8 aliphatic rings. The molecule has 60 heavy (non-hydrogen) atoms. The molecule has 8 bridgehead atoms. The van der Waals surface area contributed by atoms with Crippen molar-refractivity contribution in [1.29, 1.82) is 0 Å². The Morgan fingerprint density at radius 3 is 0.533 bits per heavy atom. The van der Waals surface area contributed by atoms with Gasteiger partial charge < -0.3 is 20.4 Å². The lowest BCUT2D eigenvalue weighted by molar-refractivity contribution is -0.194. The van der Waals surface area contributed by atoms with Crippen molar-refractivity contribution < 1.29 is 39.6 Å². The molecule has 12 rings (SSSR count). The number of carboxylic acids is 4. The zero-order valence-electron chi connectivity index (χ0n) is 34.7. The first kappa shape index (κ1) is 45.5. The fraction of sp³-hybridized carbons (Fsp3) is 0.364. The maximum atomic E-state index is 10.4. The van der Waals surface area contributed by atoms with Crippen LogP contribution in [-0.4, -0.2) is 164 Å². The second-order valence-electron chi connectivity index (χ2n) is 15.5. The van der Waals surface area contributed by atoms with Gasteiger partial charge in [0.15, 0.2) is 0 Å². The Kier molecular flexibility index (Phi) is 16.4. The van der Waals surface area contributed by atoms with E-state index in [-0.39, 0.29) is 0 Å². The molecular formula is C44H56N8O8. The van der Waals surface area contributed by atoms with Crippen molar-refractivity contribution in [2.45, 2.75) is 27.7 Å². The first-order valence-corrected chi connectivity index (χ1v) is 19.6. The SMILES string of the molecule is C1N2CN3CN1CN(C2)C3.C1N2CN3CN1CN(C2)C3.Cc1ccccc1C(=O)O.Cc1ccccc1C(=O)O.Cc1ccccc1C(=O)O.Cc1ccccc1C(=O)O. The number of hydrogen-bond donors (Lipinski definition) is 4. The summed E-state index contributed by atoms with van der Waals surface area (Å²) in [5.74, 6) is -3.45. The molecule has 8 aliphatic heterocycles. The van der Waals surface area contributed by atoms with E-state index in [0.717, 1.165) is 22.3 Å². The van der Waals surface area contributed by atoms with Crippen LogP contribution < -0.4 is 0 Å². The number of hydrogen-bond acceptors (Lipinski definition) is 12. The van der Waals surface area contributed by atoms with E-state index < -0.39 is 23.9 Å². The Morgan fingerprint density at radius 1 is 0.300 bits per heavy atom. The van der Waals surface area contributed by atoms with Crippen LogP contribution in [0.1, 0.15) is 63.7 Å². The zero-order valence-corrected chi connectivity index (χ0v) is 34.7. The second kappa shape index (κ2) is 21.6. The molecule has 4 aromatic rings. The molecule has 0 atom stereocenters. The van der Waals surface area contributed by atoms with Crippen LogP contribution in [0.4, 0.5) is 0 Å². The first-order chi connectivity index (χ1) is 28.7. The van der Waals surface area contributed by atoms with Crippen molar-refractivity contribution >= 4 is 23.9 Å². The lowest BCUT2D eigenvalue weighted by Crippen LogP contribution is -2.71. The van der Waals surface area contributed by atoms with Gasteiger partial charge in [-0.25, -0.2) is 19.2 Å². The quantitative estimate of drug-likeness (QED) is 0.222. The van der Waals surface area contributed by atoms with Gasteiger partial charge in [-0.2, -0.15) is 0 Å². The number of aryl methyl sites for hydroxylation is 4. The lowest BCUT2D eigenvalue weighted by Gasteiger charge is -2.56. The Morgan fingerprint density at radius 2 is 0.433 bits per heavy atom. The molecule has 0 spiro atoms. The van der Waals surface area contributed by atoms with E-state index in [1.807, 2.05) is 24.3 Å². The third kappa shape index (κ3) is 13.2. The van der Waals surface area contributed by atoms with Gasteiger partial charge in [-0.3, -0.25) is 39.2 Å². The summed E-state index contributed by atoms with van der Waals surface area (Å²) < 4.78 is 0. The van der Waals surface area contributed by atoms with Gasteiger partial charge in [-0.1, -0.05) is 72.8 Å². The van der Waals surface area contributed by atoms with Crippen molar-refractivity contribution in [2.75, 3.05) is 80.0 Å². The topological polar surface area (TPSA) is 175 Å². The van der Waals surface area contributed by atoms with E-state index >= 15 is 0 Å². The summed E-state index contributed by atoms with van der Waals surface area (Å²) >= 11 is 0. The summed E-state index contributed by atoms with van der Waals surface area (Å²) in [5, 5.41) is 34.3. The molecule has 0 unspecified atom stereocenters. The zero-order chi connectivity index (χ0) is 43.3. The molecule has 4 N–H and O–H groups in total. The largest absolute Gasteiger partial charge is 0.478 e. The van der Waals surface area contributed by atoms with Crippen molar-refractivity contribution in [3.63, 3.8) is 0 Å². The third-order valence-corrected chi connectivity index (χ3v) is 10.3. The van der Waals surface area contributed by atoms with Crippen LogP contribution in [0.3, 0.4) is 0 Å². The van der Waals surface area contributed by atoms with Crippen LogP contribution in [0.2, 0.25) is 0 Å². The average Bonchev–Trinajstić information content (AvgIpc) is 3.18. The summed E-state index contributed by atoms with van der Waals surface area (Å²) in [6.07, 6.45) is 0. The highest BCUT2D eigenvalue weighted by molar-refractivity contribution is 5.90. The van der Waals surface area contributed by atoms with Gasteiger partial charge in [0.25, 0.3) is 0 Å². The standard InChI is InChI=1S/4C8H8O2.2C6H12N4/c4*1-6-4-2-3-5-7(6)8(9)10;2*1-7-2-9-4-8(1)5-10(3-7)6-9/h4*2-5H,1H3,(H,9,10);2*1-6H2. The second-order valence-corrected chi connectivity index (χ2v) is 15.5. The highest BCUT2D eigenvalue weighted by atomic mass is 16.4. The summed E-state index contributed by atoms with van der Waals surface area (Å²) in [7, 11) is 0. The summed E-state index contributed by atoms with van der Waals surface area (Å²) in [6.45, 7) is 21.4. The molecule has 8 saturated heterocycles. The van der Waals surface area contributed by atoms with E-state index in [0.29, 0.717) is 22.3 Å². The Labute approximate surface area is 351 Å². The van der Waals surface area contributed by atoms with Crippen LogP contribution in [0, 0.1) is 27.7 Å². The van der Waals surface area contributed by atoms with Gasteiger partial charge in [0.2, 0.25) is 0 Å². The number of benzene rings is 4. The molecule has 8 heterocycles. The molecule has 16 nitrogen and oxygen atoms in total. The minimum Gasteiger partial charge on any atom is -0.478 e. The number of carbonyl (C=O) groups is 4. The number of nitrogens with zero attached hydrogens (tertiary/aromatic N) is 8. The number of rotatable bonds is 4. The molecule has 0 amide bonds. The number of aromatic carboxylic acids is 4. The minimum absolute atomic E-state index is 0.377. The number of carboxylic acid groups (broad SMARTS) is 4. The summed E-state index contributed by atoms with van der Waals surface area (Å²) in [4.78, 5) is 61.4. The van der Waals surface area contributed by atoms with Gasteiger partial charge in [-0.15, -0.1) is 0 Å². The Bertz CT molecular complexity index is 1730. The Balaban J connectivity index is 0.000000137. The summed E-state index contributed by atoms with van der Waals surface area (Å²) in [6, 6.07) is 27.7. The van der Waals surface area contributed by atoms with Crippen molar-refractivity contribution in [3.8, 4) is 0 Å². The van der Waals surface area contributed by atoms with Crippen LogP contribution in [0.15, 0.2) is 97.1 Å². The fourth-order valence-electron chi connectivity index (χ4n) is 7.72. The molecule has 320 valence electrons. The molecule has 16 heteroatoms. The van der Waals surface area contributed by atoms with Gasteiger partial charge >= 0.3 is 23.9 Å². The van der Waals surface area contributed by atoms with Gasteiger partial charge in [0.05, 0.1) is 102 Å². The fourth-order valence-corrected chi connectivity index (χ4v) is 7.72. The minimum atomic E-state index is -0.863. The molecule has 0 aliphatic carbocycles. The highest BCUT2D eigenvalue weighted by Gasteiger charge is 2.37. The third-order valence-electron chi connectivity index (χ3n) is 10.3. The Hall–Kier alpha value is -5.56. The van der Waals surface area contributed by atoms with Gasteiger partial charge in [0.1, 0.15) is 0 Å². The monoisotopic (exact) mass is 824 g/mol. The maximum absolute atomic E-state index is 10.4. The average molecular weight is 825 g/mol. The molecule has 8 fully saturated rings. The predicted octanol–water partition coefficient (Wildman–Crippen LogP) is 4.73. The lowest BCUT2D eigenvalue weighted by atomic mass is 10.1. The van der Waals surface area contributed by atoms with Gasteiger partial charge in [0, 0.05) is 0 Å². The van der Waals surface area contributed by atoms with E-state index in [2.05, 4.69) is 39.2 Å². The molecule has 0 radical (unpaired) electrons. The summed E-state index contributed by atoms with van der Waals surface area (Å²) in [5.41, 5.74) is 4.71. The van der Waals surface area contributed by atoms with Crippen molar-refractivity contribution in [2.24, 2.45) is 0 Å². The smallest absolute Gasteiger partial charge is 0.335 e. The van der Waals surface area contributed by atoms with Crippen LogP contribution >= 0.6 is 0 Å². The molecular weight excluding hydrogens is 769 g/mol. The molecule has 0 saturated carbocycles. The van der Waals surface area contributed by atoms with E-state index in [1.54, 1.807) is 100 Å². The van der Waals surface area contributed by atoms with E-state index in [1.165, 1.54) is 80.0 Å². The van der Waals surface area contributed by atoms with Crippen LogP contribution in [0.5, 0.6) is 0 Å².